The number of hydrogen-bond acceptors (Lipinski definition) is 10. The van der Waals surface area contributed by atoms with E-state index in [1.165, 1.54) is 283 Å². The van der Waals surface area contributed by atoms with Crippen LogP contribution in [0.2, 0.25) is 0 Å². The lowest BCUT2D eigenvalue weighted by atomic mass is 10.1. The summed E-state index contributed by atoms with van der Waals surface area (Å²) in [5, 5.41) is 28.8. The van der Waals surface area contributed by atoms with E-state index in [-0.39, 0.29) is 31.8 Å². The van der Waals surface area contributed by atoms with Gasteiger partial charge in [-0.3, -0.25) is 9.59 Å². The van der Waals surface area contributed by atoms with Crippen LogP contribution < -0.4 is 0 Å². The van der Waals surface area contributed by atoms with Crippen LogP contribution in [0.3, 0.4) is 0 Å². The zero-order valence-corrected chi connectivity index (χ0v) is 61.4. The number of esters is 2. The van der Waals surface area contributed by atoms with Crippen molar-refractivity contribution in [2.75, 3.05) is 91.9 Å². The number of nitrogens with zero attached hydrogens (tertiary/aromatic N) is 3. The fourth-order valence-electron chi connectivity index (χ4n) is 12.6. The molecule has 0 atom stereocenters. The standard InChI is InChI=1S/C82H157N3O7/c1-3-5-7-9-11-13-15-17-19-21-23-25-27-37-47-57-67-83(73-76-86)69-59-49-39-29-31-43-53-63-79-91-81(89)65-55-45-35-33-41-51-61-71-85(75-78-88)72-62-52-42-34-36-46-56-66-82(90)92-80-64-54-44-32-30-40-50-60-70-84(74-77-87)68-58-48-38-28-26-24-22-20-18-16-14-12-10-8-6-4-2/h11-14,17-20,86-88H,3-10,15-16,21-80H2,1-2H3/b13-11-,14-12-,19-17-,20-18-. The summed E-state index contributed by atoms with van der Waals surface area (Å²) in [4.78, 5) is 32.0. The van der Waals surface area contributed by atoms with E-state index < -0.39 is 0 Å². The van der Waals surface area contributed by atoms with Crippen LogP contribution in [0.4, 0.5) is 0 Å². The molecule has 0 fully saturated rings. The van der Waals surface area contributed by atoms with E-state index in [1.807, 2.05) is 0 Å². The van der Waals surface area contributed by atoms with Crippen LogP contribution in [0, 0.1) is 0 Å². The number of unbranched alkanes of at least 4 members (excludes halogenated alkanes) is 44. The van der Waals surface area contributed by atoms with E-state index in [0.717, 1.165) is 123 Å². The number of hydrogen-bond donors (Lipinski definition) is 3. The Labute approximate surface area is 572 Å². The lowest BCUT2D eigenvalue weighted by molar-refractivity contribution is -0.144. The van der Waals surface area contributed by atoms with Gasteiger partial charge in [-0.15, -0.1) is 0 Å². The van der Waals surface area contributed by atoms with Crippen molar-refractivity contribution in [2.24, 2.45) is 0 Å². The molecule has 0 saturated carbocycles. The molecule has 542 valence electrons. The van der Waals surface area contributed by atoms with Crippen molar-refractivity contribution in [2.45, 2.75) is 373 Å². The Kier molecular flexibility index (Phi) is 77.3. The molecular weight excluding hydrogens is 1140 g/mol. The molecule has 0 aliphatic carbocycles. The minimum atomic E-state index is -0.0269. The van der Waals surface area contributed by atoms with Crippen LogP contribution >= 0.6 is 0 Å². The Morgan fingerprint density at radius 3 is 0.696 bits per heavy atom. The van der Waals surface area contributed by atoms with Gasteiger partial charge in [-0.05, 0) is 168 Å². The molecule has 0 aromatic carbocycles. The monoisotopic (exact) mass is 1300 g/mol. The molecule has 0 spiro atoms. The van der Waals surface area contributed by atoms with Gasteiger partial charge in [0.25, 0.3) is 0 Å². The van der Waals surface area contributed by atoms with E-state index in [9.17, 15) is 24.9 Å². The second-order valence-electron chi connectivity index (χ2n) is 27.4. The first kappa shape index (κ1) is 89.7. The van der Waals surface area contributed by atoms with Gasteiger partial charge in [0.15, 0.2) is 0 Å². The SMILES string of the molecule is CCCCC/C=C\C/C=C\CCCCCCCCN(CCO)CCCCCCCCCCOC(=O)CCCCCCCCCN(CCO)CCCCCCCCCC(=O)OCCCCCCCCCCN(CCO)CCCCCCCC/C=C\C/C=C\CCCCC. The summed E-state index contributed by atoms with van der Waals surface area (Å²) in [6.45, 7) is 15.4. The van der Waals surface area contributed by atoms with E-state index in [4.69, 9.17) is 9.47 Å². The average molecular weight is 1300 g/mol. The van der Waals surface area contributed by atoms with Gasteiger partial charge in [0.2, 0.25) is 0 Å². The number of carbonyl (C=O) groups is 2. The Morgan fingerprint density at radius 2 is 0.457 bits per heavy atom. The van der Waals surface area contributed by atoms with Gasteiger partial charge in [-0.2, -0.15) is 0 Å². The second-order valence-corrected chi connectivity index (χ2v) is 27.4. The third-order valence-corrected chi connectivity index (χ3v) is 18.6. The summed E-state index contributed by atoms with van der Waals surface area (Å²) < 4.78 is 11.1. The number of allylic oxidation sites excluding steroid dienone is 8. The van der Waals surface area contributed by atoms with Crippen molar-refractivity contribution in [1.29, 1.82) is 0 Å². The summed E-state index contributed by atoms with van der Waals surface area (Å²) in [5.41, 5.74) is 0. The minimum absolute atomic E-state index is 0.0269. The molecule has 10 nitrogen and oxygen atoms in total. The zero-order chi connectivity index (χ0) is 66.5. The first-order valence-electron chi connectivity index (χ1n) is 40.4. The third kappa shape index (κ3) is 73.5. The Hall–Kier alpha value is -2.34. The van der Waals surface area contributed by atoms with E-state index >= 15 is 0 Å². The Bertz CT molecular complexity index is 1460. The number of rotatable bonds is 78. The van der Waals surface area contributed by atoms with Crippen molar-refractivity contribution in [3.05, 3.63) is 48.6 Å². The molecule has 0 rings (SSSR count). The number of aliphatic hydroxyl groups excluding tert-OH is 3. The molecule has 0 aliphatic rings. The molecule has 0 aliphatic heterocycles. The van der Waals surface area contributed by atoms with Crippen LogP contribution in [-0.2, 0) is 19.1 Å². The second kappa shape index (κ2) is 79.3. The highest BCUT2D eigenvalue weighted by Crippen LogP contribution is 2.17. The highest BCUT2D eigenvalue weighted by molar-refractivity contribution is 5.69. The number of ether oxygens (including phenoxy) is 2. The quantitative estimate of drug-likeness (QED) is 0.0308. The normalized spacial score (nSPS) is 12.2. The van der Waals surface area contributed by atoms with Gasteiger partial charge in [0, 0.05) is 32.5 Å². The molecule has 0 amide bonds. The van der Waals surface area contributed by atoms with Crippen LogP contribution in [0.15, 0.2) is 48.6 Å². The van der Waals surface area contributed by atoms with Crippen LogP contribution in [0.5, 0.6) is 0 Å². The van der Waals surface area contributed by atoms with Crippen molar-refractivity contribution < 1.29 is 34.4 Å². The van der Waals surface area contributed by atoms with Crippen molar-refractivity contribution in [3.63, 3.8) is 0 Å². The maximum absolute atomic E-state index is 12.3. The lowest BCUT2D eigenvalue weighted by Gasteiger charge is -2.21. The predicted molar refractivity (Wildman–Crippen MR) is 399 cm³/mol. The van der Waals surface area contributed by atoms with Crippen LogP contribution in [0.25, 0.3) is 0 Å². The first-order valence-corrected chi connectivity index (χ1v) is 40.4. The van der Waals surface area contributed by atoms with Gasteiger partial charge >= 0.3 is 11.9 Å². The fraction of sp³-hybridized carbons (Fsp3) is 0.878. The minimum Gasteiger partial charge on any atom is -0.466 e. The van der Waals surface area contributed by atoms with Crippen molar-refractivity contribution in [1.82, 2.24) is 14.7 Å². The highest BCUT2D eigenvalue weighted by Gasteiger charge is 2.09. The molecule has 3 N–H and O–H groups in total. The largest absolute Gasteiger partial charge is 0.466 e. The summed E-state index contributed by atoms with van der Waals surface area (Å²) in [7, 11) is 0. The van der Waals surface area contributed by atoms with Crippen LogP contribution in [0.1, 0.15) is 373 Å². The van der Waals surface area contributed by atoms with E-state index in [1.54, 1.807) is 0 Å². The zero-order valence-electron chi connectivity index (χ0n) is 61.4. The van der Waals surface area contributed by atoms with Crippen LogP contribution in [-0.4, -0.2) is 134 Å². The van der Waals surface area contributed by atoms with Gasteiger partial charge in [0.1, 0.15) is 0 Å². The van der Waals surface area contributed by atoms with Crippen molar-refractivity contribution >= 4 is 11.9 Å². The fourth-order valence-corrected chi connectivity index (χ4v) is 12.6. The van der Waals surface area contributed by atoms with Gasteiger partial charge < -0.3 is 39.5 Å². The Morgan fingerprint density at radius 1 is 0.250 bits per heavy atom. The third-order valence-electron chi connectivity index (χ3n) is 18.6. The molecule has 0 aromatic rings. The molecule has 0 heterocycles. The molecule has 10 heteroatoms. The summed E-state index contributed by atoms with van der Waals surface area (Å²) in [6.07, 6.45) is 86.1. The van der Waals surface area contributed by atoms with Gasteiger partial charge in [-0.1, -0.05) is 281 Å². The first-order chi connectivity index (χ1) is 45.5. The predicted octanol–water partition coefficient (Wildman–Crippen LogP) is 22.1. The molecule has 0 unspecified atom stereocenters. The summed E-state index contributed by atoms with van der Waals surface area (Å²) in [6, 6.07) is 0. The molecule has 0 bridgehead atoms. The summed E-state index contributed by atoms with van der Waals surface area (Å²) in [5.74, 6) is -0.0539. The Balaban J connectivity index is 3.60. The highest BCUT2D eigenvalue weighted by atomic mass is 16.5. The smallest absolute Gasteiger partial charge is 0.305 e. The molecule has 0 radical (unpaired) electrons. The lowest BCUT2D eigenvalue weighted by Crippen LogP contribution is -2.29. The molecule has 0 aromatic heterocycles. The van der Waals surface area contributed by atoms with Gasteiger partial charge in [-0.25, -0.2) is 0 Å². The van der Waals surface area contributed by atoms with Gasteiger partial charge in [0.05, 0.1) is 33.0 Å². The topological polar surface area (TPSA) is 123 Å². The number of carbonyl (C=O) groups excluding carboxylic acids is 2. The average Bonchev–Trinajstić information content (AvgIpc) is 3.64. The molecule has 92 heavy (non-hydrogen) atoms. The van der Waals surface area contributed by atoms with E-state index in [0.29, 0.717) is 26.1 Å². The maximum Gasteiger partial charge on any atom is 0.305 e. The molecular formula is C82H157N3O7. The summed E-state index contributed by atoms with van der Waals surface area (Å²) >= 11 is 0. The number of aliphatic hydroxyl groups is 3. The van der Waals surface area contributed by atoms with E-state index in [2.05, 4.69) is 77.2 Å². The molecule has 0 saturated heterocycles. The maximum atomic E-state index is 12.3. The van der Waals surface area contributed by atoms with Crippen molar-refractivity contribution in [3.8, 4) is 0 Å².